The van der Waals surface area contributed by atoms with Crippen LogP contribution in [0.4, 0.5) is 0 Å². The lowest BCUT2D eigenvalue weighted by Crippen LogP contribution is -2.23. The van der Waals surface area contributed by atoms with Gasteiger partial charge in [-0.15, -0.1) is 5.10 Å². The zero-order valence-electron chi connectivity index (χ0n) is 11.7. The van der Waals surface area contributed by atoms with E-state index in [2.05, 4.69) is 10.00 Å². The monoisotopic (exact) mass is 325 g/mol. The molecule has 112 valence electrons. The van der Waals surface area contributed by atoms with Crippen molar-refractivity contribution in [1.82, 2.24) is 14.7 Å². The lowest BCUT2D eigenvalue weighted by molar-refractivity contribution is 0.249. The van der Waals surface area contributed by atoms with Gasteiger partial charge < -0.3 is 9.15 Å². The van der Waals surface area contributed by atoms with E-state index >= 15 is 0 Å². The van der Waals surface area contributed by atoms with Gasteiger partial charge in [0.25, 0.3) is 10.7 Å². The molecule has 0 unspecified atom stereocenters. The van der Waals surface area contributed by atoms with Crippen LogP contribution in [0.1, 0.15) is 12.8 Å². The predicted molar refractivity (Wildman–Crippen MR) is 83.1 cm³/mol. The second-order valence-corrected chi connectivity index (χ2v) is 5.77. The lowest BCUT2D eigenvalue weighted by atomic mass is 10.2. The first-order valence-corrected chi connectivity index (χ1v) is 7.60. The smallest absolute Gasteiger partial charge is 0.288 e. The maximum absolute atomic E-state index is 6.04. The summed E-state index contributed by atoms with van der Waals surface area (Å²) in [6.07, 6.45) is 2.44. The van der Waals surface area contributed by atoms with Crippen molar-refractivity contribution in [2.45, 2.75) is 19.5 Å². The molecule has 1 aromatic carbocycles. The number of halogens is 1. The Morgan fingerprint density at radius 1 is 1.38 bits per heavy atom. The third-order valence-electron chi connectivity index (χ3n) is 3.53. The fraction of sp³-hybridized carbons (Fsp3) is 0.429. The van der Waals surface area contributed by atoms with E-state index < -0.39 is 0 Å². The minimum Gasteiger partial charge on any atom is -0.496 e. The first-order chi connectivity index (χ1) is 10.2. The molecule has 0 saturated carbocycles. The summed E-state index contributed by atoms with van der Waals surface area (Å²) in [5, 5.41) is 5.06. The van der Waals surface area contributed by atoms with Crippen molar-refractivity contribution in [1.29, 1.82) is 0 Å². The molecule has 7 heteroatoms. The number of hydrogen-bond acceptors (Lipinski definition) is 5. The summed E-state index contributed by atoms with van der Waals surface area (Å²) < 4.78 is 12.6. The number of benzene rings is 1. The Balaban J connectivity index is 1.93. The summed E-state index contributed by atoms with van der Waals surface area (Å²) in [7, 11) is 1.60. The van der Waals surface area contributed by atoms with Crippen LogP contribution in [0.2, 0.25) is 5.02 Å². The quantitative estimate of drug-likeness (QED) is 0.804. The van der Waals surface area contributed by atoms with Crippen LogP contribution in [0.25, 0.3) is 11.5 Å². The summed E-state index contributed by atoms with van der Waals surface area (Å²) in [6.45, 7) is 2.81. The van der Waals surface area contributed by atoms with Crippen LogP contribution in [-0.4, -0.2) is 34.9 Å². The van der Waals surface area contributed by atoms with Crippen molar-refractivity contribution in [2.24, 2.45) is 0 Å². The van der Waals surface area contributed by atoms with E-state index in [0.29, 0.717) is 33.7 Å². The Hall–Kier alpha value is -1.37. The Bertz CT molecular complexity index is 692. The van der Waals surface area contributed by atoms with Crippen molar-refractivity contribution in [3.05, 3.63) is 28.1 Å². The highest BCUT2D eigenvalue weighted by Crippen LogP contribution is 2.31. The molecule has 2 heterocycles. The fourth-order valence-electron chi connectivity index (χ4n) is 2.47. The highest BCUT2D eigenvalue weighted by Gasteiger charge is 2.17. The molecule has 1 fully saturated rings. The molecule has 0 bridgehead atoms. The Labute approximate surface area is 133 Å². The summed E-state index contributed by atoms with van der Waals surface area (Å²) in [5.74, 6) is 1.09. The molecule has 0 amide bonds. The maximum Gasteiger partial charge on any atom is 0.288 e. The highest BCUT2D eigenvalue weighted by atomic mass is 35.5. The van der Waals surface area contributed by atoms with Gasteiger partial charge >= 0.3 is 0 Å². The van der Waals surface area contributed by atoms with Crippen molar-refractivity contribution < 1.29 is 9.15 Å². The summed E-state index contributed by atoms with van der Waals surface area (Å²) >= 11 is 11.3. The number of methoxy groups -OCH3 is 1. The van der Waals surface area contributed by atoms with Gasteiger partial charge in [0.15, 0.2) is 0 Å². The first kappa shape index (κ1) is 14.6. The minimum absolute atomic E-state index is 0.360. The second-order valence-electron chi connectivity index (χ2n) is 4.98. The summed E-state index contributed by atoms with van der Waals surface area (Å²) in [5.41, 5.74) is 0.705. The molecule has 0 N–H and O–H groups in total. The zero-order valence-corrected chi connectivity index (χ0v) is 13.3. The predicted octanol–water partition coefficient (Wildman–Crippen LogP) is 3.59. The molecular formula is C14H16ClN3O2S. The number of hydrogen-bond donors (Lipinski definition) is 0. The van der Waals surface area contributed by atoms with E-state index in [1.165, 1.54) is 12.8 Å². The molecule has 5 nitrogen and oxygen atoms in total. The standard InChI is InChI=1S/C14H16ClN3O2S/c1-19-12-5-4-10(15)8-11(12)13-16-18(14(21)20-13)9-17-6-2-3-7-17/h4-5,8H,2-3,6-7,9H2,1H3. The topological polar surface area (TPSA) is 43.4 Å². The van der Waals surface area contributed by atoms with Gasteiger partial charge in [-0.3, -0.25) is 4.90 Å². The molecule has 0 aliphatic carbocycles. The minimum atomic E-state index is 0.360. The van der Waals surface area contributed by atoms with Crippen molar-refractivity contribution in [2.75, 3.05) is 20.2 Å². The average molecular weight is 326 g/mol. The van der Waals surface area contributed by atoms with Crippen molar-refractivity contribution in [3.63, 3.8) is 0 Å². The molecule has 0 radical (unpaired) electrons. The number of likely N-dealkylation sites (tertiary alicyclic amines) is 1. The van der Waals surface area contributed by atoms with Gasteiger partial charge in [-0.25, -0.2) is 4.68 Å². The molecule has 21 heavy (non-hydrogen) atoms. The first-order valence-electron chi connectivity index (χ1n) is 6.81. The molecule has 1 aliphatic heterocycles. The van der Waals surface area contributed by atoms with Gasteiger partial charge in [-0.1, -0.05) is 11.6 Å². The number of ether oxygens (including phenoxy) is 1. The number of rotatable bonds is 4. The van der Waals surface area contributed by atoms with Crippen molar-refractivity contribution in [3.8, 4) is 17.2 Å². The third kappa shape index (κ3) is 3.12. The van der Waals surface area contributed by atoms with Gasteiger partial charge in [0.2, 0.25) is 0 Å². The van der Waals surface area contributed by atoms with Crippen LogP contribution >= 0.6 is 23.8 Å². The molecule has 1 aromatic heterocycles. The van der Waals surface area contributed by atoms with Gasteiger partial charge in [0.1, 0.15) is 5.75 Å². The molecular weight excluding hydrogens is 310 g/mol. The largest absolute Gasteiger partial charge is 0.496 e. The van der Waals surface area contributed by atoms with Gasteiger partial charge in [-0.05, 0) is 56.3 Å². The number of nitrogens with zero attached hydrogens (tertiary/aromatic N) is 3. The molecule has 3 rings (SSSR count). The van der Waals surface area contributed by atoms with Crippen LogP contribution in [0.3, 0.4) is 0 Å². The molecule has 0 atom stereocenters. The average Bonchev–Trinajstić information content (AvgIpc) is 3.10. The maximum atomic E-state index is 6.04. The summed E-state index contributed by atoms with van der Waals surface area (Å²) in [6, 6.07) is 5.32. The van der Waals surface area contributed by atoms with E-state index in [4.69, 9.17) is 33.0 Å². The van der Waals surface area contributed by atoms with E-state index in [9.17, 15) is 0 Å². The highest BCUT2D eigenvalue weighted by molar-refractivity contribution is 7.71. The Kier molecular flexibility index (Phi) is 4.28. The van der Waals surface area contributed by atoms with E-state index in [1.54, 1.807) is 30.0 Å². The van der Waals surface area contributed by atoms with E-state index in [-0.39, 0.29) is 0 Å². The third-order valence-corrected chi connectivity index (χ3v) is 4.06. The lowest BCUT2D eigenvalue weighted by Gasteiger charge is -2.12. The van der Waals surface area contributed by atoms with Crippen molar-refractivity contribution >= 4 is 23.8 Å². The van der Waals surface area contributed by atoms with Crippen LogP contribution in [-0.2, 0) is 6.67 Å². The SMILES string of the molecule is COc1ccc(Cl)cc1-c1nn(CN2CCCC2)c(=S)o1. The summed E-state index contributed by atoms with van der Waals surface area (Å²) in [4.78, 5) is 2.66. The van der Waals surface area contributed by atoms with E-state index in [0.717, 1.165) is 13.1 Å². The van der Waals surface area contributed by atoms with E-state index in [1.807, 2.05) is 0 Å². The second kappa shape index (κ2) is 6.17. The van der Waals surface area contributed by atoms with Gasteiger partial charge in [0, 0.05) is 5.02 Å². The van der Waals surface area contributed by atoms with Gasteiger partial charge in [-0.2, -0.15) is 0 Å². The number of aromatic nitrogens is 2. The normalized spacial score (nSPS) is 15.5. The van der Waals surface area contributed by atoms with Crippen LogP contribution in [0.15, 0.2) is 22.6 Å². The van der Waals surface area contributed by atoms with Crippen LogP contribution in [0.5, 0.6) is 5.75 Å². The van der Waals surface area contributed by atoms with Gasteiger partial charge in [0.05, 0.1) is 19.3 Å². The van der Waals surface area contributed by atoms with Crippen LogP contribution in [0, 0.1) is 4.84 Å². The Morgan fingerprint density at radius 2 is 2.14 bits per heavy atom. The molecule has 2 aromatic rings. The molecule has 1 saturated heterocycles. The van der Waals surface area contributed by atoms with Crippen LogP contribution < -0.4 is 4.74 Å². The zero-order chi connectivity index (χ0) is 14.8. The fourth-order valence-corrected chi connectivity index (χ4v) is 2.81. The molecule has 0 spiro atoms. The molecule has 1 aliphatic rings. The Morgan fingerprint density at radius 3 is 2.86 bits per heavy atom.